The Hall–Kier alpha value is -1.72. The van der Waals surface area contributed by atoms with Gasteiger partial charge in [0.25, 0.3) is 0 Å². The zero-order chi connectivity index (χ0) is 16.3. The summed E-state index contributed by atoms with van der Waals surface area (Å²) in [7, 11) is -4.41. The van der Waals surface area contributed by atoms with Crippen LogP contribution in [0, 0.1) is 0 Å². The van der Waals surface area contributed by atoms with Gasteiger partial charge in [0.1, 0.15) is 5.54 Å². The molecule has 0 aliphatic rings. The van der Waals surface area contributed by atoms with Crippen molar-refractivity contribution in [2.24, 2.45) is 0 Å². The molecule has 0 aliphatic heterocycles. The molecule has 0 aliphatic carbocycles. The molecule has 10 heteroatoms. The number of hydrogen-bond donors (Lipinski definition) is 6. The lowest BCUT2D eigenvalue weighted by molar-refractivity contribution is 0.0581. The normalized spacial score (nSPS) is 12.3. The lowest BCUT2D eigenvalue weighted by Crippen LogP contribution is -2.56. The smallest absolute Gasteiger partial charge is 0.337 e. The Morgan fingerprint density at radius 3 is 2.14 bits per heavy atom. The number of aliphatic hydroxyl groups excluding tert-OH is 3. The van der Waals surface area contributed by atoms with Crippen molar-refractivity contribution >= 4 is 21.7 Å². The van der Waals surface area contributed by atoms with Gasteiger partial charge in [-0.2, -0.15) is 4.72 Å². The third-order valence-electron chi connectivity index (χ3n) is 2.78. The summed E-state index contributed by atoms with van der Waals surface area (Å²) in [5, 5.41) is 36.4. The van der Waals surface area contributed by atoms with Gasteiger partial charge in [-0.3, -0.25) is 0 Å². The third-order valence-corrected chi connectivity index (χ3v) is 4.42. The van der Waals surface area contributed by atoms with Crippen molar-refractivity contribution in [1.29, 1.82) is 0 Å². The van der Waals surface area contributed by atoms with Crippen LogP contribution in [0.2, 0.25) is 0 Å². The summed E-state index contributed by atoms with van der Waals surface area (Å²) < 4.78 is 26.3. The van der Waals surface area contributed by atoms with Gasteiger partial charge in [0, 0.05) is 5.69 Å². The zero-order valence-corrected chi connectivity index (χ0v) is 11.7. The molecule has 0 radical (unpaired) electrons. The van der Waals surface area contributed by atoms with Gasteiger partial charge in [0.2, 0.25) is 10.0 Å². The van der Waals surface area contributed by atoms with Crippen LogP contribution in [0.5, 0.6) is 0 Å². The number of carboxylic acids is 1. The Bertz CT molecular complexity index is 617. The maximum atomic E-state index is 12.2. The van der Waals surface area contributed by atoms with Crippen molar-refractivity contribution in [3.8, 4) is 0 Å². The van der Waals surface area contributed by atoms with Crippen molar-refractivity contribution < 1.29 is 33.6 Å². The SMILES string of the molecule is Nc1ccc(S(=O)(=O)NC(CO)(CO)CO)c(C(=O)O)c1. The first-order valence-electron chi connectivity index (χ1n) is 5.71. The number of aromatic carboxylic acids is 1. The number of carbonyl (C=O) groups is 1. The largest absolute Gasteiger partial charge is 0.478 e. The first-order chi connectivity index (χ1) is 9.71. The maximum absolute atomic E-state index is 12.2. The molecule has 7 N–H and O–H groups in total. The molecule has 9 nitrogen and oxygen atoms in total. The number of anilines is 1. The monoisotopic (exact) mass is 320 g/mol. The highest BCUT2D eigenvalue weighted by molar-refractivity contribution is 7.89. The van der Waals surface area contributed by atoms with E-state index in [1.807, 2.05) is 4.72 Å². The van der Waals surface area contributed by atoms with Crippen LogP contribution in [-0.2, 0) is 10.0 Å². The summed E-state index contributed by atoms with van der Waals surface area (Å²) in [6.07, 6.45) is 0. The third kappa shape index (κ3) is 3.68. The van der Waals surface area contributed by atoms with Gasteiger partial charge in [-0.15, -0.1) is 0 Å². The molecular weight excluding hydrogens is 304 g/mol. The van der Waals surface area contributed by atoms with E-state index in [-0.39, 0.29) is 5.69 Å². The highest BCUT2D eigenvalue weighted by Gasteiger charge is 2.35. The molecule has 0 saturated heterocycles. The van der Waals surface area contributed by atoms with Crippen LogP contribution in [0.4, 0.5) is 5.69 Å². The molecule has 0 spiro atoms. The van der Waals surface area contributed by atoms with E-state index in [1.54, 1.807) is 0 Å². The zero-order valence-electron chi connectivity index (χ0n) is 10.9. The van der Waals surface area contributed by atoms with Crippen molar-refractivity contribution in [3.63, 3.8) is 0 Å². The highest BCUT2D eigenvalue weighted by Crippen LogP contribution is 2.20. The average Bonchev–Trinajstić information content (AvgIpc) is 2.44. The van der Waals surface area contributed by atoms with Crippen molar-refractivity contribution in [2.45, 2.75) is 10.4 Å². The number of carboxylic acid groups (broad SMARTS) is 1. The van der Waals surface area contributed by atoms with Crippen molar-refractivity contribution in [3.05, 3.63) is 23.8 Å². The van der Waals surface area contributed by atoms with Gasteiger partial charge in [0.15, 0.2) is 0 Å². The lowest BCUT2D eigenvalue weighted by Gasteiger charge is -2.28. The van der Waals surface area contributed by atoms with E-state index in [0.717, 1.165) is 12.1 Å². The number of sulfonamides is 1. The minimum atomic E-state index is -4.41. The van der Waals surface area contributed by atoms with Gasteiger partial charge in [-0.1, -0.05) is 0 Å². The van der Waals surface area contributed by atoms with Gasteiger partial charge < -0.3 is 26.2 Å². The number of hydrogen-bond acceptors (Lipinski definition) is 7. The van der Waals surface area contributed by atoms with Gasteiger partial charge in [-0.25, -0.2) is 13.2 Å². The quantitative estimate of drug-likeness (QED) is 0.312. The van der Waals surface area contributed by atoms with E-state index in [4.69, 9.17) is 26.2 Å². The second-order valence-corrected chi connectivity index (χ2v) is 6.07. The first-order valence-corrected chi connectivity index (χ1v) is 7.19. The Labute approximate surface area is 120 Å². The predicted molar refractivity (Wildman–Crippen MR) is 72.1 cm³/mol. The number of nitrogens with one attached hydrogen (secondary N) is 1. The Balaban J connectivity index is 3.35. The predicted octanol–water partition coefficient (Wildman–Crippen LogP) is -2.04. The molecule has 0 fully saturated rings. The molecule has 118 valence electrons. The Morgan fingerprint density at radius 1 is 1.19 bits per heavy atom. The number of rotatable bonds is 7. The van der Waals surface area contributed by atoms with E-state index >= 15 is 0 Å². The van der Waals surface area contributed by atoms with Crippen LogP contribution < -0.4 is 10.5 Å². The second kappa shape index (κ2) is 6.37. The Kier molecular flexibility index (Phi) is 5.25. The summed E-state index contributed by atoms with van der Waals surface area (Å²) >= 11 is 0. The summed E-state index contributed by atoms with van der Waals surface area (Å²) in [4.78, 5) is 10.5. The summed E-state index contributed by atoms with van der Waals surface area (Å²) in [6, 6.07) is 3.15. The fourth-order valence-electron chi connectivity index (χ4n) is 1.54. The number of aliphatic hydroxyl groups is 3. The number of nitrogen functional groups attached to an aromatic ring is 1. The molecule has 1 rings (SSSR count). The summed E-state index contributed by atoms with van der Waals surface area (Å²) in [6.45, 7) is -2.64. The summed E-state index contributed by atoms with van der Waals surface area (Å²) in [5.41, 5.74) is 3.00. The topological polar surface area (TPSA) is 170 Å². The van der Waals surface area contributed by atoms with E-state index < -0.39 is 51.8 Å². The highest BCUT2D eigenvalue weighted by atomic mass is 32.2. The van der Waals surface area contributed by atoms with Crippen molar-refractivity contribution in [1.82, 2.24) is 4.72 Å². The molecule has 0 aromatic heterocycles. The van der Waals surface area contributed by atoms with Gasteiger partial charge >= 0.3 is 5.97 Å². The molecule has 0 saturated carbocycles. The molecule has 0 bridgehead atoms. The number of nitrogens with two attached hydrogens (primary N) is 1. The van der Waals surface area contributed by atoms with Crippen LogP contribution in [0.15, 0.2) is 23.1 Å². The number of benzene rings is 1. The van der Waals surface area contributed by atoms with E-state index in [2.05, 4.69) is 0 Å². The lowest BCUT2D eigenvalue weighted by atomic mass is 10.1. The molecule has 0 heterocycles. The molecule has 0 unspecified atom stereocenters. The minimum Gasteiger partial charge on any atom is -0.478 e. The molecule has 21 heavy (non-hydrogen) atoms. The van der Waals surface area contributed by atoms with Gasteiger partial charge in [-0.05, 0) is 18.2 Å². The molecule has 0 amide bonds. The minimum absolute atomic E-state index is 0.0593. The van der Waals surface area contributed by atoms with Crippen LogP contribution in [0.25, 0.3) is 0 Å². The van der Waals surface area contributed by atoms with E-state index in [9.17, 15) is 13.2 Å². The molecule has 0 atom stereocenters. The van der Waals surface area contributed by atoms with Crippen LogP contribution in [-0.4, -0.2) is 60.2 Å². The first kappa shape index (κ1) is 17.3. The fourth-order valence-corrected chi connectivity index (χ4v) is 3.09. The Morgan fingerprint density at radius 2 is 1.71 bits per heavy atom. The molecule has 1 aromatic carbocycles. The summed E-state index contributed by atoms with van der Waals surface area (Å²) in [5.74, 6) is -1.51. The van der Waals surface area contributed by atoms with Crippen molar-refractivity contribution in [2.75, 3.05) is 25.6 Å². The average molecular weight is 320 g/mol. The van der Waals surface area contributed by atoms with Crippen LogP contribution in [0.3, 0.4) is 0 Å². The van der Waals surface area contributed by atoms with Crippen LogP contribution in [0.1, 0.15) is 10.4 Å². The second-order valence-electron chi connectivity index (χ2n) is 4.42. The van der Waals surface area contributed by atoms with Gasteiger partial charge in [0.05, 0.1) is 30.3 Å². The molecule has 1 aromatic rings. The van der Waals surface area contributed by atoms with E-state index in [1.165, 1.54) is 6.07 Å². The maximum Gasteiger partial charge on any atom is 0.337 e. The molecular formula is C11H16N2O7S. The van der Waals surface area contributed by atoms with Crippen LogP contribution >= 0.6 is 0 Å². The van der Waals surface area contributed by atoms with E-state index in [0.29, 0.717) is 0 Å². The standard InChI is InChI=1S/C11H16N2O7S/c12-7-1-2-9(8(3-7)10(17)18)21(19,20)13-11(4-14,5-15)6-16/h1-3,13-16H,4-6,12H2,(H,17,18). The fraction of sp³-hybridized carbons (Fsp3) is 0.364.